The fraction of sp³-hybridized carbons (Fsp3) is 0.457. The first-order valence-electron chi connectivity index (χ1n) is 15.7. The van der Waals surface area contributed by atoms with Gasteiger partial charge < -0.3 is 30.0 Å². The Labute approximate surface area is 271 Å². The number of urea groups is 1. The zero-order chi connectivity index (χ0) is 33.3. The Morgan fingerprint density at radius 1 is 1.16 bits per heavy atom. The maximum Gasteiger partial charge on any atom is 0.325 e. The molecule has 0 saturated carbocycles. The van der Waals surface area contributed by atoms with Gasteiger partial charge in [0.05, 0.1) is 26.3 Å². The molecule has 9 nitrogen and oxygen atoms in total. The number of likely N-dealkylation sites (N-methyl/N-ethyl adjacent to an activating group) is 2. The zero-order valence-electron chi connectivity index (χ0n) is 28.1. The fourth-order valence-corrected chi connectivity index (χ4v) is 6.31. The number of rotatable bonds is 12. The standard InChI is InChI=1S/C33H44N5O4P.C2H6/c1-7-28(35-23-9-11-25(43)12-10-23)27(15-17-34)31(39)36(4)18-16-33(3)30-14-13-26-22(19-24(41-5)20-29(26)42-6)21-37(30)32(40)38(33)8-2;1-2/h9-12,14,17,19-20,34-35H,7-8,13,15-16,18,21,43H2,1-6H3;1-2H3/b28-27+,34-17?;. The van der Waals surface area contributed by atoms with E-state index in [1.165, 1.54) is 6.21 Å². The molecule has 0 aromatic heterocycles. The van der Waals surface area contributed by atoms with E-state index < -0.39 is 5.54 Å². The third-order valence-electron chi connectivity index (χ3n) is 8.54. The molecule has 2 unspecified atom stereocenters. The number of amides is 3. The van der Waals surface area contributed by atoms with Crippen LogP contribution >= 0.6 is 9.24 Å². The molecule has 10 heteroatoms. The van der Waals surface area contributed by atoms with E-state index in [1.807, 2.05) is 73.9 Å². The molecular weight excluding hydrogens is 585 g/mol. The minimum Gasteiger partial charge on any atom is -0.497 e. The summed E-state index contributed by atoms with van der Waals surface area (Å²) < 4.78 is 11.2. The van der Waals surface area contributed by atoms with Crippen LogP contribution in [0, 0.1) is 5.41 Å². The molecule has 0 bridgehead atoms. The summed E-state index contributed by atoms with van der Waals surface area (Å²) in [5, 5.41) is 12.3. The van der Waals surface area contributed by atoms with E-state index in [0.717, 1.165) is 39.3 Å². The smallest absolute Gasteiger partial charge is 0.325 e. The maximum absolute atomic E-state index is 13.8. The Hall–Kier alpha value is -3.84. The van der Waals surface area contributed by atoms with Crippen molar-refractivity contribution in [2.24, 2.45) is 0 Å². The Kier molecular flexibility index (Phi) is 12.6. The molecule has 2 aromatic rings. The summed E-state index contributed by atoms with van der Waals surface area (Å²) >= 11 is 0. The van der Waals surface area contributed by atoms with E-state index in [0.29, 0.717) is 50.2 Å². The monoisotopic (exact) mass is 635 g/mol. The molecule has 2 aliphatic rings. The average molecular weight is 636 g/mol. The molecule has 45 heavy (non-hydrogen) atoms. The molecule has 0 radical (unpaired) electrons. The summed E-state index contributed by atoms with van der Waals surface area (Å²) in [6.45, 7) is 11.5. The molecule has 1 fully saturated rings. The number of anilines is 1. The van der Waals surface area contributed by atoms with Gasteiger partial charge in [-0.05, 0) is 68.4 Å². The van der Waals surface area contributed by atoms with Crippen molar-refractivity contribution < 1.29 is 19.1 Å². The number of fused-ring (bicyclic) bond motifs is 2. The molecule has 2 aliphatic heterocycles. The lowest BCUT2D eigenvalue weighted by Crippen LogP contribution is -2.46. The average Bonchev–Trinajstić information content (AvgIpc) is 3.16. The number of carbonyl (C=O) groups is 2. The minimum absolute atomic E-state index is 0.0433. The number of nitrogens with zero attached hydrogens (tertiary/aromatic N) is 3. The Balaban J connectivity index is 0.00000271. The van der Waals surface area contributed by atoms with Gasteiger partial charge in [-0.15, -0.1) is 9.24 Å². The van der Waals surface area contributed by atoms with Crippen LogP contribution in [-0.2, 0) is 17.8 Å². The van der Waals surface area contributed by atoms with Crippen LogP contribution in [0.2, 0.25) is 0 Å². The molecule has 3 amide bonds. The van der Waals surface area contributed by atoms with Gasteiger partial charge in [0.25, 0.3) is 5.91 Å². The molecule has 0 aliphatic carbocycles. The van der Waals surface area contributed by atoms with Gasteiger partial charge in [0.15, 0.2) is 0 Å². The number of carbonyl (C=O) groups excluding carboxylic acids is 2. The highest BCUT2D eigenvalue weighted by atomic mass is 31.0. The first-order chi connectivity index (χ1) is 21.6. The molecule has 0 spiro atoms. The van der Waals surface area contributed by atoms with Gasteiger partial charge in [-0.3, -0.25) is 9.69 Å². The summed E-state index contributed by atoms with van der Waals surface area (Å²) in [5.41, 5.74) is 4.65. The third kappa shape index (κ3) is 7.52. The van der Waals surface area contributed by atoms with Gasteiger partial charge in [-0.25, -0.2) is 4.79 Å². The highest BCUT2D eigenvalue weighted by Gasteiger charge is 2.50. The van der Waals surface area contributed by atoms with Crippen molar-refractivity contribution in [1.29, 1.82) is 5.41 Å². The molecule has 2 aromatic carbocycles. The van der Waals surface area contributed by atoms with Crippen LogP contribution in [0.4, 0.5) is 10.5 Å². The normalized spacial score (nSPS) is 17.5. The highest BCUT2D eigenvalue weighted by Crippen LogP contribution is 2.43. The number of methoxy groups -OCH3 is 2. The third-order valence-corrected chi connectivity index (χ3v) is 8.93. The van der Waals surface area contributed by atoms with Crippen LogP contribution in [0.3, 0.4) is 0 Å². The Morgan fingerprint density at radius 2 is 1.84 bits per heavy atom. The Bertz CT molecular complexity index is 1440. The van der Waals surface area contributed by atoms with Crippen molar-refractivity contribution in [1.82, 2.24) is 14.7 Å². The molecule has 1 saturated heterocycles. The molecule has 244 valence electrons. The van der Waals surface area contributed by atoms with Gasteiger partial charge >= 0.3 is 6.03 Å². The van der Waals surface area contributed by atoms with Gasteiger partial charge in [-0.2, -0.15) is 0 Å². The van der Waals surface area contributed by atoms with Crippen LogP contribution < -0.4 is 20.1 Å². The predicted octanol–water partition coefficient (Wildman–Crippen LogP) is 6.35. The van der Waals surface area contributed by atoms with Gasteiger partial charge in [-0.1, -0.05) is 39.0 Å². The quantitative estimate of drug-likeness (QED) is 0.161. The molecule has 2 N–H and O–H groups in total. The van der Waals surface area contributed by atoms with Gasteiger partial charge in [0, 0.05) is 60.8 Å². The summed E-state index contributed by atoms with van der Waals surface area (Å²) in [4.78, 5) is 33.1. The summed E-state index contributed by atoms with van der Waals surface area (Å²) in [6.07, 6.45) is 5.46. The predicted molar refractivity (Wildman–Crippen MR) is 187 cm³/mol. The molecule has 2 heterocycles. The second-order valence-electron chi connectivity index (χ2n) is 11.1. The number of hydrogen-bond acceptors (Lipinski definition) is 6. The lowest BCUT2D eigenvalue weighted by Gasteiger charge is -2.35. The van der Waals surface area contributed by atoms with E-state index in [9.17, 15) is 9.59 Å². The van der Waals surface area contributed by atoms with Crippen molar-refractivity contribution in [2.45, 2.75) is 72.4 Å². The minimum atomic E-state index is -0.600. The Morgan fingerprint density at radius 3 is 2.42 bits per heavy atom. The number of ether oxygens (including phenoxy) is 2. The summed E-state index contributed by atoms with van der Waals surface area (Å²) in [7, 11) is 7.74. The SMILES string of the molecule is CC.CC/C(Nc1ccc(P)cc1)=C(/CC=N)C(=O)N(C)CCC1(C)C2=CCc3c(cc(OC)cc3OC)CN2C(=O)N1CC. The number of hydrogen-bond donors (Lipinski definition) is 2. The van der Waals surface area contributed by atoms with Gasteiger partial charge in [0.2, 0.25) is 0 Å². The number of allylic oxidation sites excluding steroid dienone is 2. The summed E-state index contributed by atoms with van der Waals surface area (Å²) in [5.74, 6) is 1.31. The van der Waals surface area contributed by atoms with Crippen molar-refractivity contribution in [3.8, 4) is 11.5 Å². The van der Waals surface area contributed by atoms with Crippen molar-refractivity contribution in [3.05, 3.63) is 70.6 Å². The maximum atomic E-state index is 13.8. The van der Waals surface area contributed by atoms with Crippen LogP contribution in [0.25, 0.3) is 0 Å². The topological polar surface area (TPSA) is 98.2 Å². The molecular formula is C35H50N5O4P. The van der Waals surface area contributed by atoms with E-state index >= 15 is 0 Å². The summed E-state index contributed by atoms with van der Waals surface area (Å²) in [6, 6.07) is 11.7. The van der Waals surface area contributed by atoms with Crippen molar-refractivity contribution in [3.63, 3.8) is 0 Å². The number of nitrogens with one attached hydrogen (secondary N) is 2. The lowest BCUT2D eigenvalue weighted by atomic mass is 9.91. The van der Waals surface area contributed by atoms with E-state index in [-0.39, 0.29) is 18.4 Å². The second kappa shape index (κ2) is 15.9. The zero-order valence-corrected chi connectivity index (χ0v) is 29.3. The largest absolute Gasteiger partial charge is 0.497 e. The van der Waals surface area contributed by atoms with Gasteiger partial charge in [0.1, 0.15) is 11.5 Å². The van der Waals surface area contributed by atoms with Crippen molar-refractivity contribution >= 4 is 38.4 Å². The van der Waals surface area contributed by atoms with Crippen LogP contribution in [0.15, 0.2) is 59.4 Å². The van der Waals surface area contributed by atoms with Crippen molar-refractivity contribution in [2.75, 3.05) is 39.7 Å². The first kappa shape index (κ1) is 35.6. The van der Waals surface area contributed by atoms with E-state index in [2.05, 4.69) is 27.6 Å². The number of benzene rings is 2. The highest BCUT2D eigenvalue weighted by molar-refractivity contribution is 7.27. The van der Waals surface area contributed by atoms with Crippen LogP contribution in [-0.4, -0.2) is 72.7 Å². The van der Waals surface area contributed by atoms with Crippen LogP contribution in [0.1, 0.15) is 65.0 Å². The fourth-order valence-electron chi connectivity index (χ4n) is 6.11. The first-order valence-corrected chi connectivity index (χ1v) is 16.3. The second-order valence-corrected chi connectivity index (χ2v) is 11.8. The molecule has 2 atom stereocenters. The van der Waals surface area contributed by atoms with Crippen LogP contribution in [0.5, 0.6) is 11.5 Å². The van der Waals surface area contributed by atoms with E-state index in [4.69, 9.17) is 14.9 Å². The lowest BCUT2D eigenvalue weighted by molar-refractivity contribution is -0.126. The molecule has 4 rings (SSSR count). The van der Waals surface area contributed by atoms with E-state index in [1.54, 1.807) is 26.2 Å².